The molecule has 3 amide bonds. The van der Waals surface area contributed by atoms with E-state index in [0.29, 0.717) is 30.8 Å². The summed E-state index contributed by atoms with van der Waals surface area (Å²) >= 11 is 0. The molecule has 1 saturated heterocycles. The maximum absolute atomic E-state index is 12.4. The minimum Gasteiger partial charge on any atom is -0.341 e. The van der Waals surface area contributed by atoms with Crippen LogP contribution < -0.4 is 5.73 Å². The van der Waals surface area contributed by atoms with Gasteiger partial charge in [-0.1, -0.05) is 19.1 Å². The number of likely N-dealkylation sites (tertiary alicyclic amines) is 1. The van der Waals surface area contributed by atoms with E-state index in [2.05, 4.69) is 0 Å². The second-order valence-electron chi connectivity index (χ2n) is 6.32. The van der Waals surface area contributed by atoms with Crippen molar-refractivity contribution in [2.24, 2.45) is 11.1 Å². The number of carbonyl (C=O) groups excluding carboxylic acids is 3. The van der Waals surface area contributed by atoms with Crippen LogP contribution in [0.2, 0.25) is 0 Å². The molecule has 1 fully saturated rings. The summed E-state index contributed by atoms with van der Waals surface area (Å²) in [6.45, 7) is 3.56. The van der Waals surface area contributed by atoms with Crippen LogP contribution in [0, 0.1) is 5.41 Å². The van der Waals surface area contributed by atoms with Gasteiger partial charge in [0.2, 0.25) is 5.91 Å². The smallest absolute Gasteiger partial charge is 0.262 e. The molecule has 6 heteroatoms. The van der Waals surface area contributed by atoms with Gasteiger partial charge in [0.25, 0.3) is 11.8 Å². The predicted octanol–water partition coefficient (Wildman–Crippen LogP) is 0.480. The quantitative estimate of drug-likeness (QED) is 0.823. The van der Waals surface area contributed by atoms with Gasteiger partial charge in [-0.25, -0.2) is 0 Å². The van der Waals surface area contributed by atoms with Gasteiger partial charge in [0.05, 0.1) is 11.1 Å². The van der Waals surface area contributed by atoms with E-state index in [9.17, 15) is 14.4 Å². The largest absolute Gasteiger partial charge is 0.341 e. The molecule has 0 aromatic heterocycles. The Kier molecular flexibility index (Phi) is 3.48. The highest BCUT2D eigenvalue weighted by molar-refractivity contribution is 6.22. The standard InChI is InChI=1S/C16H19N3O3/c1-16(9-17)6-7-18(10-16)13(20)8-19-14(21)11-4-2-3-5-12(11)15(19)22/h2-5H,6-10,17H2,1H3. The Morgan fingerprint density at radius 1 is 1.23 bits per heavy atom. The number of hydrogen-bond acceptors (Lipinski definition) is 4. The molecule has 3 rings (SSSR count). The normalized spacial score (nSPS) is 24.1. The molecule has 0 bridgehead atoms. The molecule has 0 aliphatic carbocycles. The van der Waals surface area contributed by atoms with Gasteiger partial charge in [-0.05, 0) is 30.5 Å². The van der Waals surface area contributed by atoms with Crippen LogP contribution in [0.25, 0.3) is 0 Å². The first-order valence-electron chi connectivity index (χ1n) is 7.38. The van der Waals surface area contributed by atoms with Crippen LogP contribution >= 0.6 is 0 Å². The first kappa shape index (κ1) is 14.7. The molecule has 0 radical (unpaired) electrons. The topological polar surface area (TPSA) is 83.7 Å². The SMILES string of the molecule is CC1(CN)CCN(C(=O)CN2C(=O)c3ccccc3C2=O)C1. The van der Waals surface area contributed by atoms with Crippen molar-refractivity contribution >= 4 is 17.7 Å². The second-order valence-corrected chi connectivity index (χ2v) is 6.32. The van der Waals surface area contributed by atoms with Crippen LogP contribution in [0.4, 0.5) is 0 Å². The molecule has 22 heavy (non-hydrogen) atoms. The van der Waals surface area contributed by atoms with Gasteiger partial charge in [-0.15, -0.1) is 0 Å². The number of carbonyl (C=O) groups is 3. The first-order chi connectivity index (χ1) is 10.4. The van der Waals surface area contributed by atoms with Crippen LogP contribution in [0.1, 0.15) is 34.1 Å². The lowest BCUT2D eigenvalue weighted by molar-refractivity contribution is -0.130. The van der Waals surface area contributed by atoms with Gasteiger partial charge in [-0.3, -0.25) is 19.3 Å². The van der Waals surface area contributed by atoms with Crippen LogP contribution in [-0.2, 0) is 4.79 Å². The van der Waals surface area contributed by atoms with Gasteiger partial charge in [0, 0.05) is 13.1 Å². The van der Waals surface area contributed by atoms with E-state index in [1.54, 1.807) is 29.2 Å². The summed E-state index contributed by atoms with van der Waals surface area (Å²) in [5.41, 5.74) is 6.41. The van der Waals surface area contributed by atoms with E-state index in [-0.39, 0.29) is 17.9 Å². The number of fused-ring (bicyclic) bond motifs is 1. The maximum Gasteiger partial charge on any atom is 0.262 e. The number of nitrogens with two attached hydrogens (primary N) is 1. The Morgan fingerprint density at radius 3 is 2.32 bits per heavy atom. The zero-order chi connectivity index (χ0) is 15.9. The van der Waals surface area contributed by atoms with Crippen LogP contribution in [0.5, 0.6) is 0 Å². The lowest BCUT2D eigenvalue weighted by Gasteiger charge is -2.24. The van der Waals surface area contributed by atoms with E-state index in [1.165, 1.54) is 0 Å². The molecule has 116 valence electrons. The zero-order valence-corrected chi connectivity index (χ0v) is 12.5. The van der Waals surface area contributed by atoms with Gasteiger partial charge in [-0.2, -0.15) is 0 Å². The Hall–Kier alpha value is -2.21. The molecule has 0 saturated carbocycles. The highest BCUT2D eigenvalue weighted by Crippen LogP contribution is 2.29. The maximum atomic E-state index is 12.4. The van der Waals surface area contributed by atoms with Crippen molar-refractivity contribution in [1.29, 1.82) is 0 Å². The second kappa shape index (κ2) is 5.21. The average Bonchev–Trinajstić information content (AvgIpc) is 3.03. The fraction of sp³-hybridized carbons (Fsp3) is 0.438. The van der Waals surface area contributed by atoms with Crippen molar-refractivity contribution < 1.29 is 14.4 Å². The Bertz CT molecular complexity index is 623. The van der Waals surface area contributed by atoms with Crippen LogP contribution in [-0.4, -0.2) is 53.7 Å². The van der Waals surface area contributed by atoms with Crippen LogP contribution in [0.3, 0.4) is 0 Å². The molecule has 0 spiro atoms. The number of imide groups is 1. The van der Waals surface area contributed by atoms with Crippen LogP contribution in [0.15, 0.2) is 24.3 Å². The monoisotopic (exact) mass is 301 g/mol. The highest BCUT2D eigenvalue weighted by Gasteiger charge is 2.39. The lowest BCUT2D eigenvalue weighted by atomic mass is 9.90. The van der Waals surface area contributed by atoms with Crippen molar-refractivity contribution in [2.45, 2.75) is 13.3 Å². The van der Waals surface area contributed by atoms with Gasteiger partial charge in [0.15, 0.2) is 0 Å². The number of amides is 3. The Morgan fingerprint density at radius 2 is 1.82 bits per heavy atom. The Balaban J connectivity index is 1.71. The molecule has 2 aliphatic heterocycles. The summed E-state index contributed by atoms with van der Waals surface area (Å²) in [5.74, 6) is -0.990. The van der Waals surface area contributed by atoms with E-state index in [4.69, 9.17) is 5.73 Å². The van der Waals surface area contributed by atoms with Gasteiger partial charge >= 0.3 is 0 Å². The fourth-order valence-corrected chi connectivity index (χ4v) is 3.02. The molecule has 2 N–H and O–H groups in total. The summed E-state index contributed by atoms with van der Waals surface area (Å²) in [6, 6.07) is 6.65. The minimum atomic E-state index is -0.394. The first-order valence-corrected chi connectivity index (χ1v) is 7.38. The third-order valence-electron chi connectivity index (χ3n) is 4.57. The van der Waals surface area contributed by atoms with Gasteiger partial charge in [0.1, 0.15) is 6.54 Å². The molecule has 2 aliphatic rings. The number of benzene rings is 1. The fourth-order valence-electron chi connectivity index (χ4n) is 3.02. The Labute approximate surface area is 128 Å². The third-order valence-corrected chi connectivity index (χ3v) is 4.57. The number of hydrogen-bond donors (Lipinski definition) is 1. The molecular formula is C16H19N3O3. The van der Waals surface area contributed by atoms with Crippen molar-refractivity contribution in [2.75, 3.05) is 26.2 Å². The molecule has 6 nitrogen and oxygen atoms in total. The van der Waals surface area contributed by atoms with Crippen molar-refractivity contribution in [3.8, 4) is 0 Å². The minimum absolute atomic E-state index is 0.0718. The number of nitrogens with zero attached hydrogens (tertiary/aromatic N) is 2. The van der Waals surface area contributed by atoms with E-state index < -0.39 is 11.8 Å². The molecule has 2 heterocycles. The predicted molar refractivity (Wildman–Crippen MR) is 80.2 cm³/mol. The van der Waals surface area contributed by atoms with Crippen molar-refractivity contribution in [1.82, 2.24) is 9.80 Å². The summed E-state index contributed by atoms with van der Waals surface area (Å²) in [7, 11) is 0. The highest BCUT2D eigenvalue weighted by atomic mass is 16.2. The zero-order valence-electron chi connectivity index (χ0n) is 12.5. The summed E-state index contributed by atoms with van der Waals surface area (Å²) in [4.78, 5) is 39.6. The summed E-state index contributed by atoms with van der Waals surface area (Å²) < 4.78 is 0. The summed E-state index contributed by atoms with van der Waals surface area (Å²) in [5, 5.41) is 0. The molecule has 1 aromatic carbocycles. The van der Waals surface area contributed by atoms with E-state index in [1.807, 2.05) is 6.92 Å². The average molecular weight is 301 g/mol. The molecule has 1 aromatic rings. The summed E-state index contributed by atoms with van der Waals surface area (Å²) in [6.07, 6.45) is 0.845. The lowest BCUT2D eigenvalue weighted by Crippen LogP contribution is -2.43. The molecule has 1 atom stereocenters. The number of rotatable bonds is 3. The van der Waals surface area contributed by atoms with E-state index >= 15 is 0 Å². The van der Waals surface area contributed by atoms with Crippen molar-refractivity contribution in [3.05, 3.63) is 35.4 Å². The van der Waals surface area contributed by atoms with E-state index in [0.717, 1.165) is 11.3 Å². The third kappa shape index (κ3) is 2.29. The van der Waals surface area contributed by atoms with Gasteiger partial charge < -0.3 is 10.6 Å². The van der Waals surface area contributed by atoms with Crippen molar-refractivity contribution in [3.63, 3.8) is 0 Å². The molecule has 1 unspecified atom stereocenters. The molecular weight excluding hydrogens is 282 g/mol.